The Hall–Kier alpha value is -3.04. The summed E-state index contributed by atoms with van der Waals surface area (Å²) in [6.07, 6.45) is -2.90. The Bertz CT molecular complexity index is 719. The smallest absolute Gasteiger partial charge is 0.441 e. The molecule has 1 amide bonds. The minimum Gasteiger partial charge on any atom is -0.463 e. The Morgan fingerprint density at radius 2 is 2.00 bits per heavy atom. The van der Waals surface area contributed by atoms with Gasteiger partial charge in [0.1, 0.15) is 5.82 Å². The number of nitrogens with zero attached hydrogens (tertiary/aromatic N) is 1. The van der Waals surface area contributed by atoms with Crippen molar-refractivity contribution >= 4 is 17.7 Å². The molecule has 0 bridgehead atoms. The van der Waals surface area contributed by atoms with Crippen LogP contribution in [0.1, 0.15) is 17.5 Å². The number of hydrogen-bond acceptors (Lipinski definition) is 6. The number of pyridine rings is 1. The highest BCUT2D eigenvalue weighted by molar-refractivity contribution is 5.97. The number of ether oxygens (including phenoxy) is 1. The van der Waals surface area contributed by atoms with Gasteiger partial charge < -0.3 is 19.8 Å². The van der Waals surface area contributed by atoms with E-state index in [-0.39, 0.29) is 12.4 Å². The van der Waals surface area contributed by atoms with E-state index >= 15 is 0 Å². The van der Waals surface area contributed by atoms with Gasteiger partial charge in [0.05, 0.1) is 12.9 Å². The number of carbonyl (C=O) groups is 2. The third-order valence-electron chi connectivity index (χ3n) is 3.03. The largest absolute Gasteiger partial charge is 0.463 e. The van der Waals surface area contributed by atoms with Crippen molar-refractivity contribution in [2.45, 2.75) is 18.8 Å². The average Bonchev–Trinajstić information content (AvgIpc) is 3.09. The lowest BCUT2D eigenvalue weighted by Gasteiger charge is -2.34. The minimum absolute atomic E-state index is 0.285. The van der Waals surface area contributed by atoms with Crippen molar-refractivity contribution in [3.63, 3.8) is 0 Å². The molecule has 1 atom stereocenters. The second-order valence-electron chi connectivity index (χ2n) is 4.74. The average molecular weight is 357 g/mol. The van der Waals surface area contributed by atoms with Crippen molar-refractivity contribution in [3.05, 3.63) is 48.6 Å². The molecule has 2 N–H and O–H groups in total. The molecule has 2 aromatic rings. The van der Waals surface area contributed by atoms with E-state index in [4.69, 9.17) is 4.42 Å². The first kappa shape index (κ1) is 18.3. The van der Waals surface area contributed by atoms with Gasteiger partial charge >= 0.3 is 17.8 Å². The maximum absolute atomic E-state index is 13.8. The lowest BCUT2D eigenvalue weighted by Crippen LogP contribution is -2.69. The molecule has 0 fully saturated rings. The molecule has 2 heterocycles. The molecule has 2 aromatic heterocycles. The summed E-state index contributed by atoms with van der Waals surface area (Å²) in [6, 6.07) is 6.57. The SMILES string of the molecule is CCOC(=O)C(NC(=O)c1ccco1)(Nc1ccccn1)C(F)(F)F. The van der Waals surface area contributed by atoms with Crippen molar-refractivity contribution in [2.75, 3.05) is 11.9 Å². The van der Waals surface area contributed by atoms with Crippen LogP contribution in [-0.2, 0) is 9.53 Å². The molecule has 0 aromatic carbocycles. The maximum Gasteiger partial charge on any atom is 0.441 e. The standard InChI is InChI=1S/C15H14F3N3O4/c1-2-24-13(23)14(15(16,17)18,20-11-7-3-4-8-19-11)21-12(22)10-6-5-9-25-10/h3-9H,2H2,1H3,(H,19,20)(H,21,22). The van der Waals surface area contributed by atoms with Crippen molar-refractivity contribution < 1.29 is 31.9 Å². The molecule has 2 rings (SSSR count). The van der Waals surface area contributed by atoms with E-state index in [1.165, 1.54) is 37.4 Å². The fourth-order valence-corrected chi connectivity index (χ4v) is 1.90. The van der Waals surface area contributed by atoms with Crippen LogP contribution in [-0.4, -0.2) is 35.3 Å². The molecule has 25 heavy (non-hydrogen) atoms. The van der Waals surface area contributed by atoms with Crippen LogP contribution < -0.4 is 10.6 Å². The first-order valence-corrected chi connectivity index (χ1v) is 7.09. The van der Waals surface area contributed by atoms with Crippen LogP contribution >= 0.6 is 0 Å². The zero-order valence-corrected chi connectivity index (χ0v) is 13.0. The molecule has 7 nitrogen and oxygen atoms in total. The lowest BCUT2D eigenvalue weighted by molar-refractivity contribution is -0.204. The van der Waals surface area contributed by atoms with Gasteiger partial charge in [-0.1, -0.05) is 6.07 Å². The van der Waals surface area contributed by atoms with Gasteiger partial charge in [-0.3, -0.25) is 4.79 Å². The summed E-state index contributed by atoms with van der Waals surface area (Å²) in [5.41, 5.74) is -3.54. The van der Waals surface area contributed by atoms with Gasteiger partial charge in [0.25, 0.3) is 5.91 Å². The second-order valence-corrected chi connectivity index (χ2v) is 4.74. The van der Waals surface area contributed by atoms with E-state index in [9.17, 15) is 22.8 Å². The van der Waals surface area contributed by atoms with Crippen molar-refractivity contribution in [1.29, 1.82) is 0 Å². The summed E-state index contributed by atoms with van der Waals surface area (Å²) in [4.78, 5) is 27.9. The predicted octanol–water partition coefficient (Wildman–Crippen LogP) is 2.34. The Labute approximate surface area is 140 Å². The van der Waals surface area contributed by atoms with Gasteiger partial charge in [0.2, 0.25) is 0 Å². The van der Waals surface area contributed by atoms with E-state index in [0.29, 0.717) is 0 Å². The van der Waals surface area contributed by atoms with E-state index < -0.39 is 29.5 Å². The van der Waals surface area contributed by atoms with Crippen LogP contribution in [0.2, 0.25) is 0 Å². The molecule has 0 spiro atoms. The number of halogens is 3. The van der Waals surface area contributed by atoms with Crippen molar-refractivity contribution in [3.8, 4) is 0 Å². The molecular formula is C15H14F3N3O4. The van der Waals surface area contributed by atoms with E-state index in [1.807, 2.05) is 5.32 Å². The molecule has 0 aliphatic carbocycles. The van der Waals surface area contributed by atoms with Gasteiger partial charge in [0, 0.05) is 6.20 Å². The minimum atomic E-state index is -5.24. The van der Waals surface area contributed by atoms with Crippen LogP contribution in [0, 0.1) is 0 Å². The first-order chi connectivity index (χ1) is 11.8. The highest BCUT2D eigenvalue weighted by Crippen LogP contribution is 2.33. The van der Waals surface area contributed by atoms with Crippen LogP contribution in [0.5, 0.6) is 0 Å². The molecule has 1 unspecified atom stereocenters. The van der Waals surface area contributed by atoms with Crippen molar-refractivity contribution in [1.82, 2.24) is 10.3 Å². The number of esters is 1. The Morgan fingerprint density at radius 1 is 1.24 bits per heavy atom. The summed E-state index contributed by atoms with van der Waals surface area (Å²) >= 11 is 0. The van der Waals surface area contributed by atoms with E-state index in [1.54, 1.807) is 5.32 Å². The van der Waals surface area contributed by atoms with Gasteiger partial charge in [-0.2, -0.15) is 13.2 Å². The highest BCUT2D eigenvalue weighted by atomic mass is 19.4. The number of hydrogen-bond donors (Lipinski definition) is 2. The van der Waals surface area contributed by atoms with Crippen LogP contribution in [0.3, 0.4) is 0 Å². The van der Waals surface area contributed by atoms with Gasteiger partial charge in [-0.05, 0) is 31.2 Å². The third kappa shape index (κ3) is 3.90. The number of aromatic nitrogens is 1. The molecule has 10 heteroatoms. The predicted molar refractivity (Wildman–Crippen MR) is 79.5 cm³/mol. The van der Waals surface area contributed by atoms with Crippen LogP contribution in [0.15, 0.2) is 47.2 Å². The molecule has 0 saturated carbocycles. The van der Waals surface area contributed by atoms with E-state index in [2.05, 4.69) is 9.72 Å². The molecule has 0 aliphatic heterocycles. The first-order valence-electron chi connectivity index (χ1n) is 7.09. The molecule has 0 aliphatic rings. The van der Waals surface area contributed by atoms with Gasteiger partial charge in [0.15, 0.2) is 5.76 Å². The summed E-state index contributed by atoms with van der Waals surface area (Å²) in [5, 5.41) is 3.55. The summed E-state index contributed by atoms with van der Waals surface area (Å²) in [7, 11) is 0. The summed E-state index contributed by atoms with van der Waals surface area (Å²) < 4.78 is 50.7. The monoisotopic (exact) mass is 357 g/mol. The normalized spacial score (nSPS) is 13.6. The molecule has 134 valence electrons. The Balaban J connectivity index is 2.46. The Morgan fingerprint density at radius 3 is 2.52 bits per heavy atom. The summed E-state index contributed by atoms with van der Waals surface area (Å²) in [5.74, 6) is -3.67. The van der Waals surface area contributed by atoms with Gasteiger partial charge in [-0.15, -0.1) is 0 Å². The lowest BCUT2D eigenvalue weighted by atomic mass is 10.1. The molecule has 0 radical (unpaired) electrons. The fraction of sp³-hybridized carbons (Fsp3) is 0.267. The third-order valence-corrected chi connectivity index (χ3v) is 3.03. The van der Waals surface area contributed by atoms with Crippen LogP contribution in [0.4, 0.5) is 19.0 Å². The zero-order valence-electron chi connectivity index (χ0n) is 13.0. The van der Waals surface area contributed by atoms with E-state index in [0.717, 1.165) is 12.3 Å². The number of furan rings is 1. The number of anilines is 1. The van der Waals surface area contributed by atoms with Gasteiger partial charge in [-0.25, -0.2) is 9.78 Å². The molecular weight excluding hydrogens is 343 g/mol. The summed E-state index contributed by atoms with van der Waals surface area (Å²) in [6.45, 7) is 1.02. The highest BCUT2D eigenvalue weighted by Gasteiger charge is 2.64. The maximum atomic E-state index is 13.8. The van der Waals surface area contributed by atoms with Crippen LogP contribution in [0.25, 0.3) is 0 Å². The topological polar surface area (TPSA) is 93.5 Å². The quantitative estimate of drug-likeness (QED) is 0.609. The number of amides is 1. The Kier molecular flexibility index (Phi) is 5.30. The number of nitrogens with one attached hydrogen (secondary N) is 2. The number of alkyl halides is 3. The number of carbonyl (C=O) groups excluding carboxylic acids is 2. The number of rotatable bonds is 6. The zero-order chi connectivity index (χ0) is 18.5. The second kappa shape index (κ2) is 7.24. The van der Waals surface area contributed by atoms with Crippen molar-refractivity contribution in [2.24, 2.45) is 0 Å². The molecule has 0 saturated heterocycles. The fourth-order valence-electron chi connectivity index (χ4n) is 1.90.